The number of nitriles is 1. The molecule has 3 heterocycles. The molecule has 4 rings (SSSR count). The molecule has 0 spiro atoms. The fraction of sp³-hybridized carbons (Fsp3) is 0.217. The van der Waals surface area contributed by atoms with Gasteiger partial charge in [0.1, 0.15) is 28.6 Å². The zero-order valence-corrected chi connectivity index (χ0v) is 16.7. The molecule has 1 aliphatic heterocycles. The van der Waals surface area contributed by atoms with E-state index in [1.54, 1.807) is 48.7 Å². The van der Waals surface area contributed by atoms with E-state index in [4.69, 9.17) is 9.47 Å². The third kappa shape index (κ3) is 4.63. The Labute approximate surface area is 178 Å². The molecule has 0 radical (unpaired) electrons. The molecule has 1 aliphatic rings. The van der Waals surface area contributed by atoms with Crippen molar-refractivity contribution in [2.75, 3.05) is 13.2 Å². The highest BCUT2D eigenvalue weighted by Gasteiger charge is 2.20. The fourth-order valence-corrected chi connectivity index (χ4v) is 3.28. The van der Waals surface area contributed by atoms with Gasteiger partial charge in [0.25, 0.3) is 11.5 Å². The summed E-state index contributed by atoms with van der Waals surface area (Å²) in [6.07, 6.45) is 4.53. The molecule has 8 heteroatoms. The van der Waals surface area contributed by atoms with Gasteiger partial charge in [-0.05, 0) is 43.2 Å². The summed E-state index contributed by atoms with van der Waals surface area (Å²) in [4.78, 5) is 30.1. The maximum atomic E-state index is 13.1. The predicted octanol–water partition coefficient (Wildman–Crippen LogP) is 2.69. The van der Waals surface area contributed by atoms with E-state index in [1.807, 2.05) is 12.1 Å². The smallest absolute Gasteiger partial charge is 0.269 e. The second-order valence-corrected chi connectivity index (χ2v) is 6.99. The molecule has 1 aromatic carbocycles. The Morgan fingerprint density at radius 2 is 2.10 bits per heavy atom. The van der Waals surface area contributed by atoms with Crippen molar-refractivity contribution in [1.29, 1.82) is 5.26 Å². The van der Waals surface area contributed by atoms with Gasteiger partial charge in [-0.1, -0.05) is 24.3 Å². The van der Waals surface area contributed by atoms with Crippen LogP contribution < -0.4 is 15.6 Å². The lowest BCUT2D eigenvalue weighted by Crippen LogP contribution is -2.32. The number of amides is 1. The minimum atomic E-state index is -0.582. The molecule has 1 amide bonds. The summed E-state index contributed by atoms with van der Waals surface area (Å²) in [5.41, 5.74) is -0.268. The summed E-state index contributed by atoms with van der Waals surface area (Å²) in [5.74, 6) is -0.0889. The summed E-state index contributed by atoms with van der Waals surface area (Å²) >= 11 is 0. The molecule has 1 atom stereocenters. The van der Waals surface area contributed by atoms with Crippen LogP contribution in [0, 0.1) is 11.3 Å². The lowest BCUT2D eigenvalue weighted by molar-refractivity contribution is -0.117. The molecule has 0 unspecified atom stereocenters. The Kier molecular flexibility index (Phi) is 6.05. The number of aromatic nitrogens is 2. The SMILES string of the molecule is N#C/C(=C/c1c(Oc2ccccc2)nc2ccccn2c1=O)C(=O)NC[C@H]1CCCO1. The molecule has 1 fully saturated rings. The summed E-state index contributed by atoms with van der Waals surface area (Å²) in [5, 5.41) is 12.3. The molecule has 2 aromatic heterocycles. The Morgan fingerprint density at radius 1 is 1.29 bits per heavy atom. The van der Waals surface area contributed by atoms with Gasteiger partial charge in [-0.25, -0.2) is 0 Å². The van der Waals surface area contributed by atoms with E-state index < -0.39 is 11.5 Å². The van der Waals surface area contributed by atoms with Gasteiger partial charge < -0.3 is 14.8 Å². The summed E-state index contributed by atoms with van der Waals surface area (Å²) < 4.78 is 12.7. The van der Waals surface area contributed by atoms with Gasteiger partial charge in [0.05, 0.1) is 6.10 Å². The van der Waals surface area contributed by atoms with Crippen molar-refractivity contribution in [3.8, 4) is 17.7 Å². The van der Waals surface area contributed by atoms with Gasteiger partial charge >= 0.3 is 0 Å². The largest absolute Gasteiger partial charge is 0.438 e. The van der Waals surface area contributed by atoms with E-state index >= 15 is 0 Å². The van der Waals surface area contributed by atoms with Crippen LogP contribution in [0.4, 0.5) is 0 Å². The highest BCUT2D eigenvalue weighted by atomic mass is 16.5. The average Bonchev–Trinajstić information content (AvgIpc) is 3.32. The number of benzene rings is 1. The van der Waals surface area contributed by atoms with Crippen molar-refractivity contribution in [3.05, 3.63) is 76.2 Å². The lowest BCUT2D eigenvalue weighted by atomic mass is 10.1. The van der Waals surface area contributed by atoms with Crippen LogP contribution in [0.15, 0.2) is 65.1 Å². The van der Waals surface area contributed by atoms with E-state index in [0.717, 1.165) is 12.8 Å². The first kappa shape index (κ1) is 20.3. The number of fused-ring (bicyclic) bond motifs is 1. The first-order chi connectivity index (χ1) is 15.2. The van der Waals surface area contributed by atoms with Crippen molar-refractivity contribution >= 4 is 17.6 Å². The topological polar surface area (TPSA) is 106 Å². The van der Waals surface area contributed by atoms with Gasteiger partial charge in [-0.3, -0.25) is 14.0 Å². The molecule has 1 N–H and O–H groups in total. The van der Waals surface area contributed by atoms with Crippen molar-refractivity contribution in [2.45, 2.75) is 18.9 Å². The number of carbonyl (C=O) groups is 1. The van der Waals surface area contributed by atoms with Crippen molar-refractivity contribution in [3.63, 3.8) is 0 Å². The highest BCUT2D eigenvalue weighted by molar-refractivity contribution is 6.01. The molecule has 3 aromatic rings. The zero-order valence-electron chi connectivity index (χ0n) is 16.7. The van der Waals surface area contributed by atoms with Crippen LogP contribution in [-0.4, -0.2) is 34.5 Å². The predicted molar refractivity (Wildman–Crippen MR) is 114 cm³/mol. The van der Waals surface area contributed by atoms with Crippen LogP contribution >= 0.6 is 0 Å². The number of nitrogens with zero attached hydrogens (tertiary/aromatic N) is 3. The zero-order chi connectivity index (χ0) is 21.6. The maximum absolute atomic E-state index is 13.1. The van der Waals surface area contributed by atoms with Crippen LogP contribution in [0.1, 0.15) is 18.4 Å². The number of hydrogen-bond donors (Lipinski definition) is 1. The molecule has 156 valence electrons. The lowest BCUT2D eigenvalue weighted by Gasteiger charge is -2.11. The van der Waals surface area contributed by atoms with Gasteiger partial charge in [0, 0.05) is 19.3 Å². The summed E-state index contributed by atoms with van der Waals surface area (Å²) in [6.45, 7) is 0.974. The molecule has 0 saturated carbocycles. The molecular formula is C23H20N4O4. The standard InChI is InChI=1S/C23H20N4O4/c24-14-16(21(28)25-15-18-9-6-12-30-18)13-19-22(31-17-7-2-1-3-8-17)26-20-10-4-5-11-27(20)23(19)29/h1-5,7-8,10-11,13,18H,6,9,12,15H2,(H,25,28)/b16-13-/t18-/m1/s1. The maximum Gasteiger partial charge on any atom is 0.269 e. The van der Waals surface area contributed by atoms with Crippen LogP contribution in [0.3, 0.4) is 0 Å². The van der Waals surface area contributed by atoms with Crippen molar-refractivity contribution in [2.24, 2.45) is 0 Å². The second-order valence-electron chi connectivity index (χ2n) is 6.99. The van der Waals surface area contributed by atoms with Crippen LogP contribution in [-0.2, 0) is 9.53 Å². The van der Waals surface area contributed by atoms with E-state index in [9.17, 15) is 14.9 Å². The number of rotatable bonds is 6. The first-order valence-electron chi connectivity index (χ1n) is 9.91. The third-order valence-electron chi connectivity index (χ3n) is 4.86. The van der Waals surface area contributed by atoms with E-state index in [2.05, 4.69) is 10.3 Å². The Bertz CT molecular complexity index is 1220. The van der Waals surface area contributed by atoms with Crippen LogP contribution in [0.2, 0.25) is 0 Å². The minimum Gasteiger partial charge on any atom is -0.438 e. The van der Waals surface area contributed by atoms with E-state index in [0.29, 0.717) is 24.5 Å². The molecule has 0 aliphatic carbocycles. The normalized spacial score (nSPS) is 16.1. The fourth-order valence-electron chi connectivity index (χ4n) is 3.28. The molecule has 0 bridgehead atoms. The number of ether oxygens (including phenoxy) is 2. The van der Waals surface area contributed by atoms with Crippen LogP contribution in [0.5, 0.6) is 11.6 Å². The van der Waals surface area contributed by atoms with Gasteiger partial charge in [0.15, 0.2) is 0 Å². The number of pyridine rings is 1. The Balaban J connectivity index is 1.72. The molecule has 1 saturated heterocycles. The monoisotopic (exact) mass is 416 g/mol. The number of hydrogen-bond acceptors (Lipinski definition) is 6. The highest BCUT2D eigenvalue weighted by Crippen LogP contribution is 2.23. The van der Waals surface area contributed by atoms with Crippen molar-refractivity contribution in [1.82, 2.24) is 14.7 Å². The number of carbonyl (C=O) groups excluding carboxylic acids is 1. The third-order valence-corrected chi connectivity index (χ3v) is 4.86. The number of para-hydroxylation sites is 1. The quantitative estimate of drug-likeness (QED) is 0.489. The van der Waals surface area contributed by atoms with E-state index in [-0.39, 0.29) is 23.1 Å². The summed E-state index contributed by atoms with van der Waals surface area (Å²) in [6, 6.07) is 15.9. The Morgan fingerprint density at radius 3 is 2.84 bits per heavy atom. The van der Waals surface area contributed by atoms with Crippen LogP contribution in [0.25, 0.3) is 11.7 Å². The van der Waals surface area contributed by atoms with Gasteiger partial charge in [0.2, 0.25) is 5.88 Å². The molecular weight excluding hydrogens is 396 g/mol. The van der Waals surface area contributed by atoms with Crippen molar-refractivity contribution < 1.29 is 14.3 Å². The molecule has 31 heavy (non-hydrogen) atoms. The first-order valence-corrected chi connectivity index (χ1v) is 9.91. The van der Waals surface area contributed by atoms with E-state index in [1.165, 1.54) is 10.5 Å². The number of nitrogens with one attached hydrogen (secondary N) is 1. The summed E-state index contributed by atoms with van der Waals surface area (Å²) in [7, 11) is 0. The van der Waals surface area contributed by atoms with Gasteiger partial charge in [-0.2, -0.15) is 10.2 Å². The minimum absolute atomic E-state index is 0.0105. The molecule has 8 nitrogen and oxygen atoms in total. The Hall–Kier alpha value is -3.96. The second kappa shape index (κ2) is 9.24. The van der Waals surface area contributed by atoms with Gasteiger partial charge in [-0.15, -0.1) is 0 Å². The average molecular weight is 416 g/mol.